The molecule has 1 aromatic heterocycles. The lowest BCUT2D eigenvalue weighted by atomic mass is 10.1. The number of hydrogen-bond acceptors (Lipinski definition) is 5. The fraction of sp³-hybridized carbons (Fsp3) is 0.393. The second-order valence-electron chi connectivity index (χ2n) is 9.72. The predicted molar refractivity (Wildman–Crippen MR) is 144 cm³/mol. The third-order valence-corrected chi connectivity index (χ3v) is 7.32. The van der Waals surface area contributed by atoms with Crippen LogP contribution in [0.4, 0.5) is 11.5 Å². The second-order valence-corrected chi connectivity index (χ2v) is 10.2. The SMILES string of the molecule is Cn1nc(NC(=O)C2CC(=O)N(c3ccc(CN4CCOCC4)cc3)C2)cc1CCc1ccc(Cl)cc1. The van der Waals surface area contributed by atoms with Crippen LogP contribution in [-0.2, 0) is 40.8 Å². The van der Waals surface area contributed by atoms with Crippen LogP contribution in [0.25, 0.3) is 0 Å². The Morgan fingerprint density at radius 3 is 2.49 bits per heavy atom. The number of halogens is 1. The molecule has 2 aliphatic rings. The van der Waals surface area contributed by atoms with E-state index in [4.69, 9.17) is 16.3 Å². The Kier molecular flexibility index (Phi) is 7.88. The third-order valence-electron chi connectivity index (χ3n) is 7.06. The number of ether oxygens (including phenoxy) is 1. The van der Waals surface area contributed by atoms with E-state index < -0.39 is 5.92 Å². The zero-order valence-electron chi connectivity index (χ0n) is 21.0. The molecule has 5 rings (SSSR count). The number of carbonyl (C=O) groups excluding carboxylic acids is 2. The Morgan fingerprint density at radius 1 is 1.05 bits per heavy atom. The molecule has 0 radical (unpaired) electrons. The van der Waals surface area contributed by atoms with Crippen LogP contribution in [0.5, 0.6) is 0 Å². The number of nitrogens with zero attached hydrogens (tertiary/aromatic N) is 4. The van der Waals surface area contributed by atoms with Crippen LogP contribution < -0.4 is 10.2 Å². The first-order valence-corrected chi connectivity index (χ1v) is 13.1. The first-order chi connectivity index (χ1) is 17.9. The van der Waals surface area contributed by atoms with Crippen molar-refractivity contribution in [2.45, 2.75) is 25.8 Å². The summed E-state index contributed by atoms with van der Waals surface area (Å²) < 4.78 is 7.20. The molecule has 0 aliphatic carbocycles. The van der Waals surface area contributed by atoms with E-state index in [0.717, 1.165) is 62.1 Å². The fourth-order valence-electron chi connectivity index (χ4n) is 4.88. The molecule has 0 saturated carbocycles. The summed E-state index contributed by atoms with van der Waals surface area (Å²) in [5.41, 5.74) is 4.24. The number of aryl methyl sites for hydroxylation is 3. The molecule has 0 spiro atoms. The van der Waals surface area contributed by atoms with Crippen molar-refractivity contribution in [2.24, 2.45) is 13.0 Å². The molecule has 8 nitrogen and oxygen atoms in total. The highest BCUT2D eigenvalue weighted by Gasteiger charge is 2.35. The molecule has 2 saturated heterocycles. The van der Waals surface area contributed by atoms with Gasteiger partial charge in [-0.15, -0.1) is 0 Å². The summed E-state index contributed by atoms with van der Waals surface area (Å²) in [6, 6.07) is 17.8. The van der Waals surface area contributed by atoms with Gasteiger partial charge in [0.05, 0.1) is 19.1 Å². The Bertz CT molecular complexity index is 1240. The molecule has 2 amide bonds. The number of hydrogen-bond donors (Lipinski definition) is 1. The summed E-state index contributed by atoms with van der Waals surface area (Å²) in [4.78, 5) is 29.8. The minimum Gasteiger partial charge on any atom is -0.379 e. The third kappa shape index (κ3) is 6.39. The van der Waals surface area contributed by atoms with Crippen LogP contribution in [0.15, 0.2) is 54.6 Å². The number of benzene rings is 2. The van der Waals surface area contributed by atoms with Crippen molar-refractivity contribution in [3.05, 3.63) is 76.4 Å². The second kappa shape index (κ2) is 11.5. The lowest BCUT2D eigenvalue weighted by molar-refractivity contribution is -0.122. The maximum atomic E-state index is 13.0. The van der Waals surface area contributed by atoms with E-state index in [1.54, 1.807) is 9.58 Å². The Hall–Kier alpha value is -3.20. The van der Waals surface area contributed by atoms with Gasteiger partial charge in [0, 0.05) is 62.1 Å². The fourth-order valence-corrected chi connectivity index (χ4v) is 5.01. The largest absolute Gasteiger partial charge is 0.379 e. The van der Waals surface area contributed by atoms with Crippen LogP contribution in [0, 0.1) is 5.92 Å². The monoisotopic (exact) mass is 521 g/mol. The van der Waals surface area contributed by atoms with E-state index >= 15 is 0 Å². The molecule has 2 aromatic carbocycles. The molecule has 1 N–H and O–H groups in total. The number of nitrogens with one attached hydrogen (secondary N) is 1. The number of anilines is 2. The van der Waals surface area contributed by atoms with E-state index in [2.05, 4.69) is 27.4 Å². The van der Waals surface area contributed by atoms with E-state index in [1.165, 1.54) is 11.1 Å². The van der Waals surface area contributed by atoms with Gasteiger partial charge in [0.2, 0.25) is 11.8 Å². The Balaban J connectivity index is 1.15. The smallest absolute Gasteiger partial charge is 0.231 e. The highest BCUT2D eigenvalue weighted by atomic mass is 35.5. The standard InChI is InChI=1S/C28H32ClN5O3/c1-32-25(11-4-20-2-7-23(29)8-3-20)17-26(31-32)30-28(36)22-16-27(35)34(19-22)24-9-5-21(6-10-24)18-33-12-14-37-15-13-33/h2-3,5-10,17,22H,4,11-16,18-19H2,1H3,(H,30,31,36). The van der Waals surface area contributed by atoms with Crippen molar-refractivity contribution in [2.75, 3.05) is 43.1 Å². The first kappa shape index (κ1) is 25.4. The van der Waals surface area contributed by atoms with Gasteiger partial charge in [-0.25, -0.2) is 0 Å². The van der Waals surface area contributed by atoms with Gasteiger partial charge in [0.15, 0.2) is 5.82 Å². The maximum absolute atomic E-state index is 13.0. The van der Waals surface area contributed by atoms with Gasteiger partial charge < -0.3 is 15.0 Å². The summed E-state index contributed by atoms with van der Waals surface area (Å²) >= 11 is 5.97. The highest BCUT2D eigenvalue weighted by molar-refractivity contribution is 6.30. The summed E-state index contributed by atoms with van der Waals surface area (Å²) in [6.45, 7) is 4.64. The van der Waals surface area contributed by atoms with Gasteiger partial charge in [-0.3, -0.25) is 19.2 Å². The van der Waals surface area contributed by atoms with Crippen molar-refractivity contribution in [1.29, 1.82) is 0 Å². The number of amides is 2. The minimum absolute atomic E-state index is 0.0363. The molecular weight excluding hydrogens is 490 g/mol. The molecule has 194 valence electrons. The zero-order valence-corrected chi connectivity index (χ0v) is 21.8. The van der Waals surface area contributed by atoms with Gasteiger partial charge in [0.1, 0.15) is 0 Å². The topological polar surface area (TPSA) is 79.7 Å². The van der Waals surface area contributed by atoms with Crippen molar-refractivity contribution >= 4 is 34.9 Å². The van der Waals surface area contributed by atoms with Crippen molar-refractivity contribution < 1.29 is 14.3 Å². The number of morpholine rings is 1. The molecule has 1 unspecified atom stereocenters. The molecule has 3 heterocycles. The summed E-state index contributed by atoms with van der Waals surface area (Å²) in [5, 5.41) is 8.09. The van der Waals surface area contributed by atoms with Crippen LogP contribution in [-0.4, -0.2) is 59.3 Å². The van der Waals surface area contributed by atoms with Gasteiger partial charge in [0.25, 0.3) is 0 Å². The first-order valence-electron chi connectivity index (χ1n) is 12.7. The van der Waals surface area contributed by atoms with Gasteiger partial charge in [-0.1, -0.05) is 35.9 Å². The average Bonchev–Trinajstić information content (AvgIpc) is 3.46. The lowest BCUT2D eigenvalue weighted by Crippen LogP contribution is -2.35. The molecule has 37 heavy (non-hydrogen) atoms. The molecule has 2 aliphatic heterocycles. The van der Waals surface area contributed by atoms with Crippen LogP contribution in [0.1, 0.15) is 23.2 Å². The normalized spacial score (nSPS) is 18.4. The quantitative estimate of drug-likeness (QED) is 0.489. The van der Waals surface area contributed by atoms with Crippen molar-refractivity contribution in [3.63, 3.8) is 0 Å². The molecule has 9 heteroatoms. The average molecular weight is 522 g/mol. The van der Waals surface area contributed by atoms with Crippen molar-refractivity contribution in [3.8, 4) is 0 Å². The minimum atomic E-state index is -0.417. The van der Waals surface area contributed by atoms with Crippen molar-refractivity contribution in [1.82, 2.24) is 14.7 Å². The summed E-state index contributed by atoms with van der Waals surface area (Å²) in [6.07, 6.45) is 1.83. The van der Waals surface area contributed by atoms with Gasteiger partial charge >= 0.3 is 0 Å². The molecule has 2 fully saturated rings. The molecule has 3 aromatic rings. The lowest BCUT2D eigenvalue weighted by Gasteiger charge is -2.26. The van der Waals surface area contributed by atoms with Crippen LogP contribution in [0.2, 0.25) is 5.02 Å². The molecule has 1 atom stereocenters. The molecule has 0 bridgehead atoms. The summed E-state index contributed by atoms with van der Waals surface area (Å²) in [7, 11) is 1.87. The number of carbonyl (C=O) groups is 2. The number of aromatic nitrogens is 2. The summed E-state index contributed by atoms with van der Waals surface area (Å²) in [5.74, 6) is -0.120. The van der Waals surface area contributed by atoms with Crippen LogP contribution >= 0.6 is 11.6 Å². The highest BCUT2D eigenvalue weighted by Crippen LogP contribution is 2.27. The Morgan fingerprint density at radius 2 is 1.76 bits per heavy atom. The van der Waals surface area contributed by atoms with E-state index in [1.807, 2.05) is 49.5 Å². The van der Waals surface area contributed by atoms with Gasteiger partial charge in [-0.05, 0) is 48.2 Å². The zero-order chi connectivity index (χ0) is 25.8. The Labute approximate surface area is 222 Å². The molecular formula is C28H32ClN5O3. The predicted octanol–water partition coefficient (Wildman–Crippen LogP) is 3.68. The maximum Gasteiger partial charge on any atom is 0.231 e. The van der Waals surface area contributed by atoms with E-state index in [9.17, 15) is 9.59 Å². The van der Waals surface area contributed by atoms with E-state index in [-0.39, 0.29) is 18.2 Å². The van der Waals surface area contributed by atoms with Gasteiger partial charge in [-0.2, -0.15) is 5.10 Å². The van der Waals surface area contributed by atoms with Crippen LogP contribution in [0.3, 0.4) is 0 Å². The number of rotatable bonds is 8. The van der Waals surface area contributed by atoms with E-state index in [0.29, 0.717) is 12.4 Å².